The lowest BCUT2D eigenvalue weighted by molar-refractivity contribution is -0.138. The summed E-state index contributed by atoms with van der Waals surface area (Å²) in [5.74, 6) is 0.595. The van der Waals surface area contributed by atoms with Crippen molar-refractivity contribution < 1.29 is 9.59 Å². The Labute approximate surface area is 96.1 Å². The Hall–Kier alpha value is 0.0225. The second-order valence-corrected chi connectivity index (χ2v) is 6.45. The second-order valence-electron chi connectivity index (χ2n) is 3.99. The topological polar surface area (TPSA) is 37.4 Å². The van der Waals surface area contributed by atoms with Crippen molar-refractivity contribution in [3.63, 3.8) is 0 Å². The Bertz CT molecular complexity index is 245. The van der Waals surface area contributed by atoms with Crippen LogP contribution in [-0.2, 0) is 9.59 Å². The summed E-state index contributed by atoms with van der Waals surface area (Å²) in [6.07, 6.45) is 1.33. The summed E-state index contributed by atoms with van der Waals surface area (Å²) >= 11 is 0.920. The Morgan fingerprint density at radius 3 is 2.64 bits per heavy atom. The molecule has 0 aromatic carbocycles. The fraction of sp³-hybridized carbons (Fsp3) is 0.778. The number of nitrogens with zero attached hydrogens (tertiary/aromatic N) is 1. The van der Waals surface area contributed by atoms with Gasteiger partial charge in [0, 0.05) is 13.0 Å². The molecule has 1 heterocycles. The van der Waals surface area contributed by atoms with E-state index in [9.17, 15) is 9.59 Å². The quantitative estimate of drug-likeness (QED) is 0.518. The van der Waals surface area contributed by atoms with Gasteiger partial charge in [-0.3, -0.25) is 24.6 Å². The van der Waals surface area contributed by atoms with Crippen LogP contribution in [0.25, 0.3) is 0 Å². The van der Waals surface area contributed by atoms with E-state index >= 15 is 0 Å². The third-order valence-corrected chi connectivity index (χ3v) is 5.06. The van der Waals surface area contributed by atoms with Crippen molar-refractivity contribution in [3.8, 4) is 0 Å². The Morgan fingerprint density at radius 2 is 2.21 bits per heavy atom. The number of carbonyl (C=O) groups is 2. The van der Waals surface area contributed by atoms with E-state index in [1.807, 2.05) is 0 Å². The first-order valence-electron chi connectivity index (χ1n) is 4.93. The maximum Gasteiger partial charge on any atom is 0.304 e. The van der Waals surface area contributed by atoms with Crippen molar-refractivity contribution >= 4 is 37.1 Å². The van der Waals surface area contributed by atoms with Crippen molar-refractivity contribution in [1.82, 2.24) is 4.90 Å². The highest BCUT2D eigenvalue weighted by molar-refractivity contribution is 8.20. The van der Waals surface area contributed by atoms with Gasteiger partial charge in [0.15, 0.2) is 0 Å². The molecule has 0 radical (unpaired) electrons. The normalized spacial score (nSPS) is 22.5. The smallest absolute Gasteiger partial charge is 0.282 e. The summed E-state index contributed by atoms with van der Waals surface area (Å²) in [6, 6.07) is 0. The maximum absolute atomic E-state index is 11.7. The van der Waals surface area contributed by atoms with Gasteiger partial charge in [-0.05, 0) is 12.3 Å². The fourth-order valence-electron chi connectivity index (χ4n) is 1.46. The molecule has 1 aliphatic heterocycles. The highest BCUT2D eigenvalue weighted by Gasteiger charge is 2.36. The van der Waals surface area contributed by atoms with Crippen LogP contribution in [0.1, 0.15) is 26.7 Å². The van der Waals surface area contributed by atoms with E-state index in [0.29, 0.717) is 18.9 Å². The molecule has 0 spiro atoms. The fourth-order valence-corrected chi connectivity index (χ4v) is 3.20. The van der Waals surface area contributed by atoms with Crippen molar-refractivity contribution in [2.45, 2.75) is 31.9 Å². The zero-order valence-corrected chi connectivity index (χ0v) is 11.8. The molecular formula is C9H16AlNO2S. The van der Waals surface area contributed by atoms with Gasteiger partial charge < -0.3 is 0 Å². The van der Waals surface area contributed by atoms with Gasteiger partial charge in [0.1, 0.15) is 0 Å². The van der Waals surface area contributed by atoms with Gasteiger partial charge in [-0.15, -0.1) is 0 Å². The molecule has 0 bridgehead atoms. The predicted octanol–water partition coefficient (Wildman–Crippen LogP) is 0.441. The lowest BCUT2D eigenvalue weighted by atomic mass is 10.1. The standard InChI is InChI=1S/C9H15NO2S.Al.2H/c1-6(2)3-4-10-8(11)5-7(13)9(10)12;;;/h6-7,13H,3-5H2,1-2H3;;;/q;+1;;/p-1. The van der Waals surface area contributed by atoms with Crippen LogP contribution in [0.4, 0.5) is 0 Å². The molecule has 1 unspecified atom stereocenters. The summed E-state index contributed by atoms with van der Waals surface area (Å²) in [5, 5.41) is -0.0682. The molecule has 0 saturated carbocycles. The molecule has 0 aromatic rings. The van der Waals surface area contributed by atoms with Crippen LogP contribution < -0.4 is 0 Å². The number of amides is 2. The van der Waals surface area contributed by atoms with Gasteiger partial charge in [0.2, 0.25) is 11.8 Å². The van der Waals surface area contributed by atoms with Crippen LogP contribution in [0.15, 0.2) is 0 Å². The average molecular weight is 229 g/mol. The Morgan fingerprint density at radius 1 is 1.57 bits per heavy atom. The first-order valence-corrected chi connectivity index (χ1v) is 8.67. The van der Waals surface area contributed by atoms with E-state index in [4.69, 9.17) is 0 Å². The summed E-state index contributed by atoms with van der Waals surface area (Å²) in [4.78, 5) is 24.6. The van der Waals surface area contributed by atoms with Crippen molar-refractivity contribution in [3.05, 3.63) is 0 Å². The molecule has 1 saturated heterocycles. The van der Waals surface area contributed by atoms with E-state index in [1.54, 1.807) is 10.1 Å². The minimum absolute atomic E-state index is 0.0176. The van der Waals surface area contributed by atoms with Gasteiger partial charge >= 0.3 is 15.2 Å². The summed E-state index contributed by atoms with van der Waals surface area (Å²) in [7, 11) is 1.61. The molecule has 0 aromatic heterocycles. The van der Waals surface area contributed by atoms with Gasteiger partial charge in [0.25, 0.3) is 0 Å². The van der Waals surface area contributed by atoms with E-state index in [2.05, 4.69) is 13.8 Å². The summed E-state index contributed by atoms with van der Waals surface area (Å²) < 4.78 is 0. The number of likely N-dealkylation sites (tertiary alicyclic amines) is 1. The van der Waals surface area contributed by atoms with E-state index in [-0.39, 0.29) is 17.1 Å². The zero-order chi connectivity index (χ0) is 10.7. The highest BCUT2D eigenvalue weighted by Crippen LogP contribution is 2.23. The van der Waals surface area contributed by atoms with Gasteiger partial charge in [0.05, 0.1) is 5.25 Å². The van der Waals surface area contributed by atoms with Crippen LogP contribution in [0.3, 0.4) is 0 Å². The molecule has 78 valence electrons. The third-order valence-electron chi connectivity index (χ3n) is 2.42. The summed E-state index contributed by atoms with van der Waals surface area (Å²) in [5.41, 5.74) is 0. The molecule has 5 heteroatoms. The van der Waals surface area contributed by atoms with Crippen LogP contribution in [0, 0.1) is 5.92 Å². The molecule has 14 heavy (non-hydrogen) atoms. The molecule has 0 N–H and O–H groups in total. The first-order chi connectivity index (χ1) is 6.56. The number of hydrogen-bond acceptors (Lipinski definition) is 3. The zero-order valence-electron chi connectivity index (χ0n) is 8.95. The van der Waals surface area contributed by atoms with Crippen LogP contribution >= 0.6 is 10.1 Å². The van der Waals surface area contributed by atoms with Gasteiger partial charge in [-0.1, -0.05) is 13.8 Å². The lowest BCUT2D eigenvalue weighted by Gasteiger charge is -2.15. The largest absolute Gasteiger partial charge is 0.304 e. The predicted molar refractivity (Wildman–Crippen MR) is 60.7 cm³/mol. The number of carbonyl (C=O) groups excluding carboxylic acids is 2. The number of hydrogen-bond donors (Lipinski definition) is 0. The third kappa shape index (κ3) is 2.76. The Balaban J connectivity index is 2.52. The van der Waals surface area contributed by atoms with E-state index in [1.165, 1.54) is 4.90 Å². The van der Waals surface area contributed by atoms with E-state index in [0.717, 1.165) is 21.6 Å². The molecule has 1 aliphatic rings. The molecule has 3 nitrogen and oxygen atoms in total. The Kier molecular flexibility index (Phi) is 4.49. The van der Waals surface area contributed by atoms with Crippen LogP contribution in [0.5, 0.6) is 0 Å². The van der Waals surface area contributed by atoms with Crippen molar-refractivity contribution in [2.24, 2.45) is 5.92 Å². The minimum Gasteiger partial charge on any atom is -0.282 e. The van der Waals surface area contributed by atoms with Crippen LogP contribution in [-0.4, -0.2) is 43.7 Å². The highest BCUT2D eigenvalue weighted by atomic mass is 32.3. The molecule has 1 atom stereocenters. The van der Waals surface area contributed by atoms with Crippen molar-refractivity contribution in [2.75, 3.05) is 6.54 Å². The minimum atomic E-state index is -0.0682. The first kappa shape index (κ1) is 12.1. The van der Waals surface area contributed by atoms with Crippen LogP contribution in [0.2, 0.25) is 0 Å². The summed E-state index contributed by atoms with van der Waals surface area (Å²) in [6.45, 7) is 4.81. The lowest BCUT2D eigenvalue weighted by Crippen LogP contribution is -2.32. The molecular weight excluding hydrogens is 213 g/mol. The maximum atomic E-state index is 11.7. The number of imide groups is 1. The second kappa shape index (κ2) is 5.20. The molecule has 1 fully saturated rings. The molecule has 1 rings (SSSR count). The molecule has 2 amide bonds. The van der Waals surface area contributed by atoms with E-state index < -0.39 is 0 Å². The number of rotatable bonds is 4. The average Bonchev–Trinajstić information content (AvgIpc) is 2.39. The van der Waals surface area contributed by atoms with Gasteiger partial charge in [-0.2, -0.15) is 0 Å². The van der Waals surface area contributed by atoms with Gasteiger partial charge in [-0.25, -0.2) is 0 Å². The van der Waals surface area contributed by atoms with Crippen molar-refractivity contribution in [1.29, 1.82) is 0 Å². The SMILES string of the molecule is CC(C)CCN1C(=O)CC([S][AlH2])C1=O. The molecule has 0 aliphatic carbocycles. The monoisotopic (exact) mass is 229 g/mol.